The number of hydrogen-bond acceptors (Lipinski definition) is 2. The second-order valence-corrected chi connectivity index (χ2v) is 4.91. The van der Waals surface area contributed by atoms with Crippen LogP contribution in [0.3, 0.4) is 0 Å². The van der Waals surface area contributed by atoms with Crippen LogP contribution in [0.2, 0.25) is 0 Å². The van der Waals surface area contributed by atoms with Crippen molar-refractivity contribution < 1.29 is 13.2 Å². The molecule has 1 aliphatic rings. The van der Waals surface area contributed by atoms with Crippen molar-refractivity contribution >= 4 is 17.4 Å². The Morgan fingerprint density at radius 3 is 2.56 bits per heavy atom. The first-order valence-corrected chi connectivity index (χ1v) is 6.37. The van der Waals surface area contributed by atoms with Crippen molar-refractivity contribution in [1.29, 1.82) is 0 Å². The smallest absolute Gasteiger partial charge is 0.363 e. The van der Waals surface area contributed by atoms with E-state index in [9.17, 15) is 13.2 Å². The lowest BCUT2D eigenvalue weighted by Gasteiger charge is -2.29. The molecule has 0 atom stereocenters. The van der Waals surface area contributed by atoms with Crippen molar-refractivity contribution in [2.75, 3.05) is 11.2 Å². The molecule has 1 aromatic heterocycles. The molecule has 1 N–H and O–H groups in total. The van der Waals surface area contributed by atoms with E-state index in [1.54, 1.807) is 0 Å². The van der Waals surface area contributed by atoms with Crippen molar-refractivity contribution in [3.63, 3.8) is 0 Å². The summed E-state index contributed by atoms with van der Waals surface area (Å²) in [5, 5.41) is 2.92. The Morgan fingerprint density at radius 1 is 1.33 bits per heavy atom. The van der Waals surface area contributed by atoms with E-state index >= 15 is 0 Å². The first-order valence-electron chi connectivity index (χ1n) is 5.83. The average Bonchev–Trinajstić information content (AvgIpc) is 2.78. The van der Waals surface area contributed by atoms with Gasteiger partial charge in [-0.3, -0.25) is 0 Å². The van der Waals surface area contributed by atoms with Crippen LogP contribution in [-0.4, -0.2) is 16.4 Å². The SMILES string of the molecule is FC(F)(F)c1cccnc1NC1(CCl)CCCC1. The number of halogens is 4. The Balaban J connectivity index is 2.29. The second kappa shape index (κ2) is 4.96. The summed E-state index contributed by atoms with van der Waals surface area (Å²) in [6.45, 7) is 0. The summed E-state index contributed by atoms with van der Waals surface area (Å²) in [6.07, 6.45) is 0.480. The number of hydrogen-bond donors (Lipinski definition) is 1. The molecular formula is C12H14ClF3N2. The van der Waals surface area contributed by atoms with E-state index in [1.165, 1.54) is 12.3 Å². The highest BCUT2D eigenvalue weighted by Gasteiger charge is 2.38. The van der Waals surface area contributed by atoms with Gasteiger partial charge in [0.15, 0.2) is 0 Å². The van der Waals surface area contributed by atoms with Crippen LogP contribution in [0.5, 0.6) is 0 Å². The lowest BCUT2D eigenvalue weighted by molar-refractivity contribution is -0.137. The van der Waals surface area contributed by atoms with Crippen LogP contribution in [0.1, 0.15) is 31.2 Å². The van der Waals surface area contributed by atoms with Crippen molar-refractivity contribution in [1.82, 2.24) is 4.98 Å². The quantitative estimate of drug-likeness (QED) is 0.843. The number of pyridine rings is 1. The average molecular weight is 279 g/mol. The van der Waals surface area contributed by atoms with Gasteiger partial charge in [-0.05, 0) is 25.0 Å². The summed E-state index contributed by atoms with van der Waals surface area (Å²) < 4.78 is 38.5. The number of anilines is 1. The van der Waals surface area contributed by atoms with Gasteiger partial charge in [0.25, 0.3) is 0 Å². The lowest BCUT2D eigenvalue weighted by atomic mass is 10.00. The summed E-state index contributed by atoms with van der Waals surface area (Å²) in [4.78, 5) is 3.81. The van der Waals surface area contributed by atoms with Crippen molar-refractivity contribution in [3.05, 3.63) is 23.9 Å². The molecular weight excluding hydrogens is 265 g/mol. The van der Waals surface area contributed by atoms with Crippen LogP contribution in [0, 0.1) is 0 Å². The number of alkyl halides is 4. The minimum Gasteiger partial charge on any atom is -0.363 e. The molecule has 0 aliphatic heterocycles. The molecule has 1 fully saturated rings. The molecule has 0 amide bonds. The Bertz CT molecular complexity index is 414. The summed E-state index contributed by atoms with van der Waals surface area (Å²) in [5.74, 6) is 0.175. The Morgan fingerprint density at radius 2 is 2.00 bits per heavy atom. The highest BCUT2D eigenvalue weighted by atomic mass is 35.5. The number of nitrogens with zero attached hydrogens (tertiary/aromatic N) is 1. The zero-order chi connectivity index (χ0) is 13.2. The van der Waals surface area contributed by atoms with Gasteiger partial charge in [0.1, 0.15) is 5.82 Å². The third-order valence-corrected chi connectivity index (χ3v) is 3.82. The maximum Gasteiger partial charge on any atom is 0.419 e. The first kappa shape index (κ1) is 13.5. The summed E-state index contributed by atoms with van der Waals surface area (Å²) in [7, 11) is 0. The molecule has 1 aromatic rings. The van der Waals surface area contributed by atoms with Gasteiger partial charge in [0.05, 0.1) is 11.1 Å². The molecule has 1 aliphatic carbocycles. The maximum atomic E-state index is 12.8. The molecule has 0 radical (unpaired) electrons. The van der Waals surface area contributed by atoms with Crippen LogP contribution in [0.4, 0.5) is 19.0 Å². The van der Waals surface area contributed by atoms with Gasteiger partial charge in [-0.15, -0.1) is 11.6 Å². The Hall–Kier alpha value is -0.970. The Kier molecular flexibility index (Phi) is 3.71. The van der Waals surface area contributed by atoms with E-state index in [1.807, 2.05) is 0 Å². The standard InChI is InChI=1S/C12H14ClF3N2/c13-8-11(5-1-2-6-11)18-10-9(12(14,15)16)4-3-7-17-10/h3-4,7H,1-2,5-6,8H2,(H,17,18). The normalized spacial score (nSPS) is 18.9. The van der Waals surface area contributed by atoms with Crippen molar-refractivity contribution in [2.24, 2.45) is 0 Å². The molecule has 0 saturated heterocycles. The number of aromatic nitrogens is 1. The fourth-order valence-electron chi connectivity index (χ4n) is 2.33. The molecule has 100 valence electrons. The summed E-state index contributed by atoms with van der Waals surface area (Å²) in [5.41, 5.74) is -1.18. The number of nitrogens with one attached hydrogen (secondary N) is 1. The Labute approximate surface area is 109 Å². The molecule has 0 aromatic carbocycles. The van der Waals surface area contributed by atoms with Crippen LogP contribution in [0.15, 0.2) is 18.3 Å². The molecule has 1 heterocycles. The zero-order valence-corrected chi connectivity index (χ0v) is 10.5. The van der Waals surface area contributed by atoms with Crippen molar-refractivity contribution in [3.8, 4) is 0 Å². The maximum absolute atomic E-state index is 12.8. The predicted molar refractivity (Wildman–Crippen MR) is 64.8 cm³/mol. The third-order valence-electron chi connectivity index (χ3n) is 3.31. The van der Waals surface area contributed by atoms with E-state index in [2.05, 4.69) is 10.3 Å². The monoisotopic (exact) mass is 278 g/mol. The molecule has 0 bridgehead atoms. The van der Waals surface area contributed by atoms with E-state index in [0.717, 1.165) is 31.7 Å². The minimum absolute atomic E-state index is 0.118. The van der Waals surface area contributed by atoms with Gasteiger partial charge < -0.3 is 5.32 Å². The zero-order valence-electron chi connectivity index (χ0n) is 9.73. The van der Waals surface area contributed by atoms with E-state index in [4.69, 9.17) is 11.6 Å². The minimum atomic E-state index is -4.40. The van der Waals surface area contributed by atoms with Crippen LogP contribution in [0.25, 0.3) is 0 Å². The van der Waals surface area contributed by atoms with Gasteiger partial charge in [0, 0.05) is 12.1 Å². The first-order chi connectivity index (χ1) is 8.47. The molecule has 6 heteroatoms. The highest BCUT2D eigenvalue weighted by Crippen LogP contribution is 2.38. The van der Waals surface area contributed by atoms with E-state index in [0.29, 0.717) is 5.88 Å². The van der Waals surface area contributed by atoms with E-state index in [-0.39, 0.29) is 5.82 Å². The van der Waals surface area contributed by atoms with Gasteiger partial charge in [-0.25, -0.2) is 4.98 Å². The molecule has 2 nitrogen and oxygen atoms in total. The molecule has 2 rings (SSSR count). The van der Waals surface area contributed by atoms with Gasteiger partial charge in [-0.1, -0.05) is 12.8 Å². The topological polar surface area (TPSA) is 24.9 Å². The predicted octanol–water partition coefficient (Wildman–Crippen LogP) is 4.06. The third kappa shape index (κ3) is 2.71. The fourth-order valence-corrected chi connectivity index (χ4v) is 2.66. The van der Waals surface area contributed by atoms with Gasteiger partial charge in [-0.2, -0.15) is 13.2 Å². The van der Waals surface area contributed by atoms with Crippen LogP contribution in [-0.2, 0) is 6.18 Å². The molecule has 0 spiro atoms. The molecule has 0 unspecified atom stereocenters. The molecule has 18 heavy (non-hydrogen) atoms. The van der Waals surface area contributed by atoms with Crippen LogP contribution >= 0.6 is 11.6 Å². The largest absolute Gasteiger partial charge is 0.419 e. The highest BCUT2D eigenvalue weighted by molar-refractivity contribution is 6.18. The summed E-state index contributed by atoms with van der Waals surface area (Å²) >= 11 is 5.91. The van der Waals surface area contributed by atoms with Crippen LogP contribution < -0.4 is 5.32 Å². The van der Waals surface area contributed by atoms with Gasteiger partial charge >= 0.3 is 6.18 Å². The van der Waals surface area contributed by atoms with Crippen molar-refractivity contribution in [2.45, 2.75) is 37.4 Å². The number of rotatable bonds is 3. The van der Waals surface area contributed by atoms with E-state index < -0.39 is 17.3 Å². The van der Waals surface area contributed by atoms with Gasteiger partial charge in [0.2, 0.25) is 0 Å². The second-order valence-electron chi connectivity index (χ2n) is 4.64. The molecule has 1 saturated carbocycles. The lowest BCUT2D eigenvalue weighted by Crippen LogP contribution is -2.38. The summed E-state index contributed by atoms with van der Waals surface area (Å²) in [6, 6.07) is 2.32. The fraction of sp³-hybridized carbons (Fsp3) is 0.583.